The van der Waals surface area contributed by atoms with Crippen molar-refractivity contribution in [3.05, 3.63) is 24.3 Å². The van der Waals surface area contributed by atoms with Gasteiger partial charge in [0, 0.05) is 11.1 Å². The molecule has 0 bridgehead atoms. The van der Waals surface area contributed by atoms with Gasteiger partial charge in [-0.3, -0.25) is 0 Å². The van der Waals surface area contributed by atoms with Gasteiger partial charge in [0.15, 0.2) is 12.6 Å². The van der Waals surface area contributed by atoms with Gasteiger partial charge in [-0.05, 0) is 40.0 Å². The van der Waals surface area contributed by atoms with Gasteiger partial charge in [0.2, 0.25) is 0 Å². The number of carbonyl (C=O) groups excluding carboxylic acids is 2. The average Bonchev–Trinajstić information content (AvgIpc) is 2.66. The van der Waals surface area contributed by atoms with E-state index in [1.54, 1.807) is 27.7 Å². The van der Waals surface area contributed by atoms with Crippen molar-refractivity contribution < 1.29 is 38.0 Å². The predicted octanol–water partition coefficient (Wildman–Crippen LogP) is 3.01. The van der Waals surface area contributed by atoms with Gasteiger partial charge in [-0.1, -0.05) is 20.1 Å². The Morgan fingerprint density at radius 2 is 1.10 bits per heavy atom. The van der Waals surface area contributed by atoms with Crippen LogP contribution in [-0.2, 0) is 38.0 Å². The molecule has 0 saturated heterocycles. The lowest BCUT2D eigenvalue weighted by Gasteiger charge is -2.19. The molecule has 0 aliphatic heterocycles. The summed E-state index contributed by atoms with van der Waals surface area (Å²) < 4.78 is 31.9. The Kier molecular flexibility index (Phi) is 15.1. The lowest BCUT2D eigenvalue weighted by Crippen LogP contribution is -2.22. The molecule has 0 radical (unpaired) electrons. The molecule has 0 aromatic carbocycles. The van der Waals surface area contributed by atoms with Crippen LogP contribution in [0, 0.1) is 5.92 Å². The third-order valence-corrected chi connectivity index (χ3v) is 3.61. The van der Waals surface area contributed by atoms with Crippen LogP contribution in [0.15, 0.2) is 24.3 Å². The summed E-state index contributed by atoms with van der Waals surface area (Å²) in [7, 11) is 0. The van der Waals surface area contributed by atoms with Gasteiger partial charge in [0.05, 0.1) is 26.4 Å². The smallest absolute Gasteiger partial charge is 0.333 e. The summed E-state index contributed by atoms with van der Waals surface area (Å²) in [5, 5.41) is 0. The third-order valence-electron chi connectivity index (χ3n) is 3.61. The molecule has 0 aromatic heterocycles. The highest BCUT2D eigenvalue weighted by Gasteiger charge is 2.10. The highest BCUT2D eigenvalue weighted by Crippen LogP contribution is 2.07. The van der Waals surface area contributed by atoms with Crippen LogP contribution in [0.1, 0.15) is 41.0 Å². The minimum absolute atomic E-state index is 0.160. The number of ether oxygens (including phenoxy) is 6. The normalized spacial score (nSPS) is 14.0. The van der Waals surface area contributed by atoms with Crippen molar-refractivity contribution in [2.24, 2.45) is 5.92 Å². The fourth-order valence-electron chi connectivity index (χ4n) is 1.86. The van der Waals surface area contributed by atoms with E-state index in [0.717, 1.165) is 6.42 Å². The molecule has 0 saturated carbocycles. The van der Waals surface area contributed by atoms with Crippen LogP contribution in [0.4, 0.5) is 0 Å². The number of rotatable bonds is 17. The maximum Gasteiger partial charge on any atom is 0.333 e. The second-order valence-corrected chi connectivity index (χ2v) is 6.81. The fraction of sp³-hybridized carbons (Fsp3) is 0.714. The summed E-state index contributed by atoms with van der Waals surface area (Å²) in [5.74, 6) is -0.588. The van der Waals surface area contributed by atoms with Gasteiger partial charge in [0.25, 0.3) is 0 Å². The maximum absolute atomic E-state index is 11.2. The molecule has 0 spiro atoms. The third kappa shape index (κ3) is 15.8. The largest absolute Gasteiger partial charge is 0.460 e. The average molecular weight is 417 g/mol. The SMILES string of the molecule is C=C(C)C(=O)OCCOC(C)OCCC(C)COC(C)OCCOC(=O)C(=C)C. The summed E-state index contributed by atoms with van der Waals surface area (Å²) in [6.45, 7) is 17.7. The van der Waals surface area contributed by atoms with Crippen molar-refractivity contribution in [3.8, 4) is 0 Å². The van der Waals surface area contributed by atoms with E-state index in [1.807, 2.05) is 6.92 Å². The van der Waals surface area contributed by atoms with Gasteiger partial charge in [-0.2, -0.15) is 0 Å². The van der Waals surface area contributed by atoms with Crippen LogP contribution in [0.5, 0.6) is 0 Å². The van der Waals surface area contributed by atoms with E-state index in [0.29, 0.717) is 24.4 Å². The first-order chi connectivity index (χ1) is 13.6. The number of hydrogen-bond acceptors (Lipinski definition) is 8. The van der Waals surface area contributed by atoms with E-state index < -0.39 is 24.5 Å². The molecular weight excluding hydrogens is 380 g/mol. The Balaban J connectivity index is 3.66. The van der Waals surface area contributed by atoms with Crippen molar-refractivity contribution in [2.45, 2.75) is 53.6 Å². The van der Waals surface area contributed by atoms with E-state index in [2.05, 4.69) is 13.2 Å². The van der Waals surface area contributed by atoms with Crippen LogP contribution in [0.2, 0.25) is 0 Å². The lowest BCUT2D eigenvalue weighted by atomic mass is 10.1. The summed E-state index contributed by atoms with van der Waals surface area (Å²) in [6, 6.07) is 0. The molecule has 0 N–H and O–H groups in total. The molecule has 8 heteroatoms. The van der Waals surface area contributed by atoms with E-state index in [-0.39, 0.29) is 32.3 Å². The summed E-state index contributed by atoms with van der Waals surface area (Å²) in [4.78, 5) is 22.4. The van der Waals surface area contributed by atoms with Gasteiger partial charge in [0.1, 0.15) is 13.2 Å². The molecule has 0 aliphatic rings. The fourth-order valence-corrected chi connectivity index (χ4v) is 1.86. The molecule has 3 unspecified atom stereocenters. The zero-order valence-electron chi connectivity index (χ0n) is 18.4. The molecule has 168 valence electrons. The predicted molar refractivity (Wildman–Crippen MR) is 108 cm³/mol. The molecule has 0 aliphatic carbocycles. The van der Waals surface area contributed by atoms with Gasteiger partial charge in [-0.15, -0.1) is 0 Å². The first-order valence-corrected chi connectivity index (χ1v) is 9.75. The lowest BCUT2D eigenvalue weighted by molar-refractivity contribution is -0.161. The first-order valence-electron chi connectivity index (χ1n) is 9.75. The highest BCUT2D eigenvalue weighted by molar-refractivity contribution is 5.87. The van der Waals surface area contributed by atoms with E-state index in [1.165, 1.54) is 0 Å². The molecular formula is C21H36O8. The minimum atomic E-state index is -0.429. The number of carbonyl (C=O) groups is 2. The standard InChI is InChI=1S/C21H36O8/c1-15(2)20(22)27-12-10-25-18(6)24-9-8-17(5)14-29-19(7)26-11-13-28-21(23)16(3)4/h17-19H,1,3,8-14H2,2,4-7H3. The van der Waals surface area contributed by atoms with Crippen LogP contribution in [-0.4, -0.2) is 64.2 Å². The number of esters is 2. The van der Waals surface area contributed by atoms with Crippen LogP contribution in [0.25, 0.3) is 0 Å². The molecule has 0 aromatic rings. The van der Waals surface area contributed by atoms with Crippen molar-refractivity contribution in [2.75, 3.05) is 39.6 Å². The second kappa shape index (κ2) is 16.1. The summed E-state index contributed by atoms with van der Waals surface area (Å²) in [6.07, 6.45) is 0.00303. The zero-order chi connectivity index (χ0) is 22.2. The molecule has 0 fully saturated rings. The quantitative estimate of drug-likeness (QED) is 0.155. The Morgan fingerprint density at radius 1 is 0.690 bits per heavy atom. The van der Waals surface area contributed by atoms with E-state index >= 15 is 0 Å². The van der Waals surface area contributed by atoms with Gasteiger partial charge >= 0.3 is 11.9 Å². The minimum Gasteiger partial charge on any atom is -0.460 e. The van der Waals surface area contributed by atoms with Crippen LogP contribution in [0.3, 0.4) is 0 Å². The number of hydrogen-bond donors (Lipinski definition) is 0. The van der Waals surface area contributed by atoms with Crippen molar-refractivity contribution >= 4 is 11.9 Å². The molecule has 3 atom stereocenters. The molecule has 0 amide bonds. The maximum atomic E-state index is 11.2. The summed E-state index contributed by atoms with van der Waals surface area (Å²) in [5.41, 5.74) is 0.715. The van der Waals surface area contributed by atoms with Crippen molar-refractivity contribution in [1.82, 2.24) is 0 Å². The Hall–Kier alpha value is -1.74. The van der Waals surface area contributed by atoms with Crippen LogP contribution < -0.4 is 0 Å². The van der Waals surface area contributed by atoms with Crippen molar-refractivity contribution in [1.29, 1.82) is 0 Å². The van der Waals surface area contributed by atoms with Crippen LogP contribution >= 0.6 is 0 Å². The monoisotopic (exact) mass is 416 g/mol. The molecule has 0 rings (SSSR count). The first kappa shape index (κ1) is 27.3. The Labute approximate surface area is 174 Å². The topological polar surface area (TPSA) is 89.5 Å². The van der Waals surface area contributed by atoms with E-state index in [4.69, 9.17) is 28.4 Å². The van der Waals surface area contributed by atoms with Gasteiger partial charge in [-0.25, -0.2) is 9.59 Å². The zero-order valence-corrected chi connectivity index (χ0v) is 18.4. The van der Waals surface area contributed by atoms with Crippen molar-refractivity contribution in [3.63, 3.8) is 0 Å². The van der Waals surface area contributed by atoms with Gasteiger partial charge < -0.3 is 28.4 Å². The molecule has 8 nitrogen and oxygen atoms in total. The second-order valence-electron chi connectivity index (χ2n) is 6.81. The highest BCUT2D eigenvalue weighted by atomic mass is 16.7. The molecule has 0 heterocycles. The Morgan fingerprint density at radius 3 is 1.55 bits per heavy atom. The Bertz CT molecular complexity index is 517. The molecule has 29 heavy (non-hydrogen) atoms. The van der Waals surface area contributed by atoms with E-state index in [9.17, 15) is 9.59 Å². The summed E-state index contributed by atoms with van der Waals surface area (Å²) >= 11 is 0.